The first kappa shape index (κ1) is 13.5. The van der Waals surface area contributed by atoms with Gasteiger partial charge >= 0.3 is 5.97 Å². The first-order valence-electron chi connectivity index (χ1n) is 5.97. The first-order valence-corrected chi connectivity index (χ1v) is 5.97. The molecule has 4 nitrogen and oxygen atoms in total. The Morgan fingerprint density at radius 3 is 2.62 bits per heavy atom. The molecule has 1 aliphatic rings. The van der Waals surface area contributed by atoms with Crippen molar-refractivity contribution >= 4 is 5.97 Å². The lowest BCUT2D eigenvalue weighted by Gasteiger charge is -2.38. The zero-order chi connectivity index (χ0) is 12.0. The fourth-order valence-electron chi connectivity index (χ4n) is 1.82. The number of nitrogens with one attached hydrogen (secondary N) is 1. The summed E-state index contributed by atoms with van der Waals surface area (Å²) in [7, 11) is 1.43. The Balaban J connectivity index is 2.17. The number of rotatable bonds is 7. The molecule has 16 heavy (non-hydrogen) atoms. The summed E-state index contributed by atoms with van der Waals surface area (Å²) >= 11 is 0. The van der Waals surface area contributed by atoms with Crippen LogP contribution >= 0.6 is 0 Å². The van der Waals surface area contributed by atoms with E-state index in [9.17, 15) is 4.79 Å². The molecule has 1 saturated heterocycles. The molecule has 0 spiro atoms. The molecule has 0 atom stereocenters. The highest BCUT2D eigenvalue weighted by Gasteiger charge is 2.46. The van der Waals surface area contributed by atoms with Crippen molar-refractivity contribution in [2.24, 2.45) is 11.3 Å². The van der Waals surface area contributed by atoms with Gasteiger partial charge in [0, 0.05) is 6.54 Å². The zero-order valence-electron chi connectivity index (χ0n) is 10.5. The van der Waals surface area contributed by atoms with E-state index in [2.05, 4.69) is 19.2 Å². The topological polar surface area (TPSA) is 47.6 Å². The van der Waals surface area contributed by atoms with Crippen molar-refractivity contribution < 1.29 is 14.3 Å². The van der Waals surface area contributed by atoms with Crippen LogP contribution in [0.3, 0.4) is 0 Å². The molecule has 0 aliphatic carbocycles. The normalized spacial score (nSPS) is 18.2. The van der Waals surface area contributed by atoms with Crippen LogP contribution in [0, 0.1) is 11.3 Å². The van der Waals surface area contributed by atoms with E-state index in [-0.39, 0.29) is 5.97 Å². The van der Waals surface area contributed by atoms with E-state index < -0.39 is 5.41 Å². The van der Waals surface area contributed by atoms with Gasteiger partial charge in [0.1, 0.15) is 5.41 Å². The van der Waals surface area contributed by atoms with E-state index >= 15 is 0 Å². The van der Waals surface area contributed by atoms with E-state index in [1.807, 2.05) is 0 Å². The van der Waals surface area contributed by atoms with Crippen molar-refractivity contribution in [3.8, 4) is 0 Å². The van der Waals surface area contributed by atoms with Gasteiger partial charge in [-0.05, 0) is 25.3 Å². The van der Waals surface area contributed by atoms with Crippen LogP contribution in [-0.2, 0) is 14.3 Å². The van der Waals surface area contributed by atoms with Crippen LogP contribution in [0.25, 0.3) is 0 Å². The van der Waals surface area contributed by atoms with Gasteiger partial charge in [-0.2, -0.15) is 0 Å². The Morgan fingerprint density at radius 2 is 2.19 bits per heavy atom. The summed E-state index contributed by atoms with van der Waals surface area (Å²) in [5.74, 6) is 0.582. The van der Waals surface area contributed by atoms with Crippen LogP contribution in [0.4, 0.5) is 0 Å². The van der Waals surface area contributed by atoms with Crippen molar-refractivity contribution in [3.05, 3.63) is 0 Å². The fourth-order valence-corrected chi connectivity index (χ4v) is 1.82. The van der Waals surface area contributed by atoms with Crippen molar-refractivity contribution in [3.63, 3.8) is 0 Å². The molecule has 0 radical (unpaired) electrons. The van der Waals surface area contributed by atoms with Gasteiger partial charge in [-0.15, -0.1) is 0 Å². The van der Waals surface area contributed by atoms with Crippen LogP contribution in [0.5, 0.6) is 0 Å². The van der Waals surface area contributed by atoms with Gasteiger partial charge < -0.3 is 14.8 Å². The quantitative estimate of drug-likeness (QED) is 0.526. The van der Waals surface area contributed by atoms with Gasteiger partial charge in [-0.1, -0.05) is 13.8 Å². The van der Waals surface area contributed by atoms with E-state index in [1.165, 1.54) is 13.5 Å². The van der Waals surface area contributed by atoms with Crippen LogP contribution in [0.2, 0.25) is 0 Å². The molecule has 4 heteroatoms. The van der Waals surface area contributed by atoms with Gasteiger partial charge in [0.05, 0.1) is 20.3 Å². The molecule has 1 fully saturated rings. The number of esters is 1. The smallest absolute Gasteiger partial charge is 0.317 e. The third kappa shape index (κ3) is 3.46. The summed E-state index contributed by atoms with van der Waals surface area (Å²) in [4.78, 5) is 11.5. The largest absolute Gasteiger partial charge is 0.468 e. The van der Waals surface area contributed by atoms with Crippen LogP contribution in [0.15, 0.2) is 0 Å². The number of carbonyl (C=O) groups excluding carboxylic acids is 1. The number of carbonyl (C=O) groups is 1. The van der Waals surface area contributed by atoms with E-state index in [4.69, 9.17) is 9.47 Å². The third-order valence-corrected chi connectivity index (χ3v) is 2.97. The molecule has 0 saturated carbocycles. The lowest BCUT2D eigenvalue weighted by atomic mass is 9.86. The molecule has 0 aromatic heterocycles. The monoisotopic (exact) mass is 229 g/mol. The molecule has 0 unspecified atom stereocenters. The van der Waals surface area contributed by atoms with E-state index in [0.717, 1.165) is 18.9 Å². The van der Waals surface area contributed by atoms with E-state index in [0.29, 0.717) is 19.8 Å². The Morgan fingerprint density at radius 1 is 1.50 bits per heavy atom. The number of hydrogen-bond donors (Lipinski definition) is 1. The van der Waals surface area contributed by atoms with Crippen molar-refractivity contribution in [2.75, 3.05) is 33.4 Å². The highest BCUT2D eigenvalue weighted by molar-refractivity contribution is 5.78. The van der Waals surface area contributed by atoms with Crippen molar-refractivity contribution in [1.82, 2.24) is 5.32 Å². The highest BCUT2D eigenvalue weighted by atomic mass is 16.5. The molecule has 0 bridgehead atoms. The second-order valence-electron chi connectivity index (χ2n) is 4.98. The Bertz CT molecular complexity index is 224. The van der Waals surface area contributed by atoms with Crippen molar-refractivity contribution in [2.45, 2.75) is 26.7 Å². The molecule has 1 N–H and O–H groups in total. The minimum absolute atomic E-state index is 0.157. The van der Waals surface area contributed by atoms with Crippen LogP contribution in [0.1, 0.15) is 26.7 Å². The second-order valence-corrected chi connectivity index (χ2v) is 4.98. The SMILES string of the molecule is COC(=O)C1(CNCCCC(C)C)COC1. The Hall–Kier alpha value is -0.610. The maximum Gasteiger partial charge on any atom is 0.317 e. The maximum atomic E-state index is 11.5. The molecule has 1 aliphatic heterocycles. The standard InChI is InChI=1S/C12H23NO3/c1-10(2)5-4-6-13-7-12(8-16-9-12)11(14)15-3/h10,13H,4-9H2,1-3H3. The Labute approximate surface area is 97.7 Å². The summed E-state index contributed by atoms with van der Waals surface area (Å²) < 4.78 is 9.91. The van der Waals surface area contributed by atoms with Crippen LogP contribution < -0.4 is 5.32 Å². The molecule has 0 aromatic rings. The Kier molecular flexibility index (Phi) is 5.22. The summed E-state index contributed by atoms with van der Waals surface area (Å²) in [5.41, 5.74) is -0.424. The summed E-state index contributed by atoms with van der Waals surface area (Å²) in [6, 6.07) is 0. The number of ether oxygens (including phenoxy) is 2. The minimum Gasteiger partial charge on any atom is -0.468 e. The summed E-state index contributed by atoms with van der Waals surface area (Å²) in [6.07, 6.45) is 2.37. The molecule has 1 heterocycles. The number of methoxy groups -OCH3 is 1. The molecule has 0 aromatic carbocycles. The third-order valence-electron chi connectivity index (χ3n) is 2.97. The van der Waals surface area contributed by atoms with Gasteiger partial charge in [0.15, 0.2) is 0 Å². The van der Waals surface area contributed by atoms with Crippen LogP contribution in [-0.4, -0.2) is 39.4 Å². The minimum atomic E-state index is -0.424. The molecule has 0 amide bonds. The second kappa shape index (κ2) is 6.21. The first-order chi connectivity index (χ1) is 7.60. The molecule has 94 valence electrons. The molecule has 1 rings (SSSR count). The van der Waals surface area contributed by atoms with E-state index in [1.54, 1.807) is 0 Å². The fraction of sp³-hybridized carbons (Fsp3) is 0.917. The van der Waals surface area contributed by atoms with Gasteiger partial charge in [-0.25, -0.2) is 0 Å². The molecular formula is C12H23NO3. The number of hydrogen-bond acceptors (Lipinski definition) is 4. The predicted molar refractivity (Wildman–Crippen MR) is 62.2 cm³/mol. The highest BCUT2D eigenvalue weighted by Crippen LogP contribution is 2.28. The zero-order valence-corrected chi connectivity index (χ0v) is 10.5. The summed E-state index contributed by atoms with van der Waals surface area (Å²) in [6.45, 7) is 7.02. The lowest BCUT2D eigenvalue weighted by molar-refractivity contribution is -0.182. The van der Waals surface area contributed by atoms with Gasteiger partial charge in [0.25, 0.3) is 0 Å². The average Bonchev–Trinajstić information content (AvgIpc) is 2.19. The molecular weight excluding hydrogens is 206 g/mol. The summed E-state index contributed by atoms with van der Waals surface area (Å²) in [5, 5.41) is 3.32. The average molecular weight is 229 g/mol. The lowest BCUT2D eigenvalue weighted by Crippen LogP contribution is -2.55. The van der Waals surface area contributed by atoms with Gasteiger partial charge in [-0.3, -0.25) is 4.79 Å². The predicted octanol–water partition coefficient (Wildman–Crippen LogP) is 1.20. The maximum absolute atomic E-state index is 11.5. The van der Waals surface area contributed by atoms with Gasteiger partial charge in [0.2, 0.25) is 0 Å². The van der Waals surface area contributed by atoms with Crippen molar-refractivity contribution in [1.29, 1.82) is 0 Å².